The molecule has 1 fully saturated rings. The van der Waals surface area contributed by atoms with Gasteiger partial charge in [-0.3, -0.25) is 9.59 Å². The van der Waals surface area contributed by atoms with Gasteiger partial charge in [-0.2, -0.15) is 0 Å². The molecule has 1 aliphatic carbocycles. The van der Waals surface area contributed by atoms with E-state index in [1.165, 1.54) is 5.57 Å². The second-order valence-corrected chi connectivity index (χ2v) is 5.20. The van der Waals surface area contributed by atoms with Gasteiger partial charge >= 0.3 is 5.97 Å². The lowest BCUT2D eigenvalue weighted by Crippen LogP contribution is -2.40. The minimum Gasteiger partial charge on any atom is -0.466 e. The van der Waals surface area contributed by atoms with E-state index < -0.39 is 0 Å². The van der Waals surface area contributed by atoms with Crippen molar-refractivity contribution in [2.24, 2.45) is 11.8 Å². The Morgan fingerprint density at radius 2 is 2.22 bits per heavy atom. The van der Waals surface area contributed by atoms with Crippen LogP contribution in [0.25, 0.3) is 0 Å². The average molecular weight is 251 g/mol. The molecule has 0 saturated carbocycles. The van der Waals surface area contributed by atoms with Crippen molar-refractivity contribution in [2.45, 2.75) is 45.6 Å². The maximum atomic E-state index is 12.0. The highest BCUT2D eigenvalue weighted by Gasteiger charge is 2.38. The van der Waals surface area contributed by atoms with Crippen LogP contribution in [-0.4, -0.2) is 24.5 Å². The average Bonchev–Trinajstić information content (AvgIpc) is 2.76. The second kappa shape index (κ2) is 5.55. The Kier molecular flexibility index (Phi) is 4.04. The molecule has 0 aromatic rings. The molecule has 100 valence electrons. The number of carbonyl (C=O) groups is 2. The van der Waals surface area contributed by atoms with E-state index >= 15 is 0 Å². The number of hydrogen-bond donors (Lipinski definition) is 1. The highest BCUT2D eigenvalue weighted by Crippen LogP contribution is 2.34. The van der Waals surface area contributed by atoms with Gasteiger partial charge in [-0.1, -0.05) is 11.6 Å². The molecule has 4 nitrogen and oxygen atoms in total. The van der Waals surface area contributed by atoms with Crippen molar-refractivity contribution < 1.29 is 14.3 Å². The zero-order valence-corrected chi connectivity index (χ0v) is 11.1. The number of carbonyl (C=O) groups excluding carboxylic acids is 2. The Hall–Kier alpha value is -1.32. The van der Waals surface area contributed by atoms with Crippen molar-refractivity contribution >= 4 is 11.9 Å². The number of ether oxygens (including phenoxy) is 1. The summed E-state index contributed by atoms with van der Waals surface area (Å²) in [6, 6.07) is 0.0992. The van der Waals surface area contributed by atoms with Crippen LogP contribution in [0.4, 0.5) is 0 Å². The third kappa shape index (κ3) is 2.74. The van der Waals surface area contributed by atoms with Crippen LogP contribution in [0.3, 0.4) is 0 Å². The Balaban J connectivity index is 2.13. The molecule has 0 spiro atoms. The number of allylic oxidation sites excluding steroid dienone is 1. The SMILES string of the molecule is CCOC(=O)C1CCC(C)=CC1C1CCC(=O)N1. The van der Waals surface area contributed by atoms with Crippen LogP contribution in [-0.2, 0) is 14.3 Å². The summed E-state index contributed by atoms with van der Waals surface area (Å²) in [4.78, 5) is 23.3. The Morgan fingerprint density at radius 3 is 2.83 bits per heavy atom. The summed E-state index contributed by atoms with van der Waals surface area (Å²) < 4.78 is 5.15. The van der Waals surface area contributed by atoms with E-state index in [9.17, 15) is 9.59 Å². The molecule has 2 rings (SSSR count). The summed E-state index contributed by atoms with van der Waals surface area (Å²) >= 11 is 0. The van der Waals surface area contributed by atoms with Gasteiger partial charge < -0.3 is 10.1 Å². The van der Waals surface area contributed by atoms with Crippen molar-refractivity contribution in [3.05, 3.63) is 11.6 Å². The molecule has 1 aliphatic heterocycles. The van der Waals surface area contributed by atoms with Gasteiger partial charge in [0.05, 0.1) is 12.5 Å². The van der Waals surface area contributed by atoms with Gasteiger partial charge in [-0.05, 0) is 33.1 Å². The quantitative estimate of drug-likeness (QED) is 0.614. The number of esters is 1. The van der Waals surface area contributed by atoms with Crippen molar-refractivity contribution in [1.82, 2.24) is 5.32 Å². The molecule has 1 saturated heterocycles. The highest BCUT2D eigenvalue weighted by atomic mass is 16.5. The van der Waals surface area contributed by atoms with E-state index in [1.54, 1.807) is 0 Å². The molecule has 3 unspecified atom stereocenters. The van der Waals surface area contributed by atoms with Crippen LogP contribution in [0.2, 0.25) is 0 Å². The summed E-state index contributed by atoms with van der Waals surface area (Å²) in [7, 11) is 0. The van der Waals surface area contributed by atoms with Gasteiger partial charge in [0.15, 0.2) is 0 Å². The van der Waals surface area contributed by atoms with Crippen molar-refractivity contribution in [1.29, 1.82) is 0 Å². The zero-order valence-electron chi connectivity index (χ0n) is 11.1. The lowest BCUT2D eigenvalue weighted by atomic mass is 9.76. The molecule has 1 N–H and O–H groups in total. The first-order valence-corrected chi connectivity index (χ1v) is 6.75. The molecular formula is C14H21NO3. The Bertz CT molecular complexity index is 375. The summed E-state index contributed by atoms with van der Waals surface area (Å²) in [6.07, 6.45) is 5.33. The lowest BCUT2D eigenvalue weighted by molar-refractivity contribution is -0.150. The summed E-state index contributed by atoms with van der Waals surface area (Å²) in [5.41, 5.74) is 1.31. The smallest absolute Gasteiger partial charge is 0.309 e. The maximum absolute atomic E-state index is 12.0. The van der Waals surface area contributed by atoms with E-state index in [-0.39, 0.29) is 29.8 Å². The molecule has 0 bridgehead atoms. The van der Waals surface area contributed by atoms with Gasteiger partial charge in [0.2, 0.25) is 5.91 Å². The van der Waals surface area contributed by atoms with Gasteiger partial charge in [-0.15, -0.1) is 0 Å². The van der Waals surface area contributed by atoms with Gasteiger partial charge in [0.1, 0.15) is 0 Å². The number of rotatable bonds is 3. The standard InChI is InChI=1S/C14H21NO3/c1-3-18-14(17)10-5-4-9(2)8-11(10)12-6-7-13(16)15-12/h8,10-12H,3-7H2,1-2H3,(H,15,16). The first kappa shape index (κ1) is 13.1. The lowest BCUT2D eigenvalue weighted by Gasteiger charge is -2.31. The molecule has 0 aromatic heterocycles. The van der Waals surface area contributed by atoms with Crippen molar-refractivity contribution in [3.8, 4) is 0 Å². The van der Waals surface area contributed by atoms with E-state index in [0.717, 1.165) is 19.3 Å². The van der Waals surface area contributed by atoms with E-state index in [2.05, 4.69) is 18.3 Å². The van der Waals surface area contributed by atoms with Crippen LogP contribution in [0.5, 0.6) is 0 Å². The van der Waals surface area contributed by atoms with Crippen LogP contribution in [0.15, 0.2) is 11.6 Å². The molecule has 4 heteroatoms. The van der Waals surface area contributed by atoms with Crippen molar-refractivity contribution in [2.75, 3.05) is 6.61 Å². The topological polar surface area (TPSA) is 55.4 Å². The van der Waals surface area contributed by atoms with Gasteiger partial charge in [0, 0.05) is 18.4 Å². The number of nitrogens with one attached hydrogen (secondary N) is 1. The van der Waals surface area contributed by atoms with Gasteiger partial charge in [0.25, 0.3) is 0 Å². The van der Waals surface area contributed by atoms with Crippen LogP contribution in [0, 0.1) is 11.8 Å². The minimum absolute atomic E-state index is 0.0965. The Morgan fingerprint density at radius 1 is 1.44 bits per heavy atom. The predicted molar refractivity (Wildman–Crippen MR) is 67.8 cm³/mol. The molecule has 18 heavy (non-hydrogen) atoms. The van der Waals surface area contributed by atoms with E-state index in [4.69, 9.17) is 4.74 Å². The zero-order chi connectivity index (χ0) is 13.1. The summed E-state index contributed by atoms with van der Waals surface area (Å²) in [5, 5.41) is 2.98. The molecule has 1 amide bonds. The summed E-state index contributed by atoms with van der Waals surface area (Å²) in [5.74, 6) is -0.0204. The molecule has 0 radical (unpaired) electrons. The monoisotopic (exact) mass is 251 g/mol. The highest BCUT2D eigenvalue weighted by molar-refractivity contribution is 5.79. The number of hydrogen-bond acceptors (Lipinski definition) is 3. The van der Waals surface area contributed by atoms with Crippen molar-refractivity contribution in [3.63, 3.8) is 0 Å². The largest absolute Gasteiger partial charge is 0.466 e. The summed E-state index contributed by atoms with van der Waals surface area (Å²) in [6.45, 7) is 4.33. The predicted octanol–water partition coefficient (Wildman–Crippen LogP) is 1.80. The minimum atomic E-state index is -0.118. The van der Waals surface area contributed by atoms with E-state index in [0.29, 0.717) is 13.0 Å². The number of amides is 1. The Labute approximate surface area is 108 Å². The second-order valence-electron chi connectivity index (χ2n) is 5.20. The third-order valence-electron chi connectivity index (χ3n) is 3.87. The molecular weight excluding hydrogens is 230 g/mol. The van der Waals surface area contributed by atoms with Gasteiger partial charge in [-0.25, -0.2) is 0 Å². The third-order valence-corrected chi connectivity index (χ3v) is 3.87. The molecule has 0 aromatic carbocycles. The van der Waals surface area contributed by atoms with Crippen LogP contribution < -0.4 is 5.32 Å². The first-order chi connectivity index (χ1) is 8.61. The molecule has 1 heterocycles. The fraction of sp³-hybridized carbons (Fsp3) is 0.714. The van der Waals surface area contributed by atoms with Crippen LogP contribution in [0.1, 0.15) is 39.5 Å². The first-order valence-electron chi connectivity index (χ1n) is 6.75. The maximum Gasteiger partial charge on any atom is 0.309 e. The van der Waals surface area contributed by atoms with Crippen LogP contribution >= 0.6 is 0 Å². The fourth-order valence-electron chi connectivity index (χ4n) is 2.95. The molecule has 3 atom stereocenters. The molecule has 2 aliphatic rings. The van der Waals surface area contributed by atoms with E-state index in [1.807, 2.05) is 6.92 Å². The fourth-order valence-corrected chi connectivity index (χ4v) is 2.95. The normalized spacial score (nSPS) is 31.8.